The molecule has 3 N–H and O–H groups in total. The minimum atomic E-state index is -0.190. The highest BCUT2D eigenvalue weighted by Crippen LogP contribution is 2.11. The van der Waals surface area contributed by atoms with Crippen molar-refractivity contribution in [3.63, 3.8) is 0 Å². The lowest BCUT2D eigenvalue weighted by molar-refractivity contribution is -0.116. The van der Waals surface area contributed by atoms with Gasteiger partial charge in [0, 0.05) is 63.4 Å². The van der Waals surface area contributed by atoms with E-state index in [2.05, 4.69) is 37.9 Å². The summed E-state index contributed by atoms with van der Waals surface area (Å²) >= 11 is 0. The first-order chi connectivity index (χ1) is 14.5. The van der Waals surface area contributed by atoms with Crippen LogP contribution in [0.4, 0.5) is 10.5 Å². The molecule has 0 radical (unpaired) electrons. The standard InChI is InChI=1S/C21H31N7O2/c1-17(15-27-11-9-26(2)10-12-27)24-21(30)22-14-18-5-3-6-19(13-18)25-20(29)16-28-8-4-7-23-28/h3-8,13,17H,9-12,14-16H2,1-2H3,(H,25,29)(H2,22,24,30). The molecule has 9 nitrogen and oxygen atoms in total. The van der Waals surface area contributed by atoms with Gasteiger partial charge >= 0.3 is 6.03 Å². The average Bonchev–Trinajstić information content (AvgIpc) is 3.21. The van der Waals surface area contributed by atoms with Crippen LogP contribution in [0.2, 0.25) is 0 Å². The molecule has 1 aliphatic heterocycles. The van der Waals surface area contributed by atoms with Gasteiger partial charge in [-0.05, 0) is 37.7 Å². The number of rotatable bonds is 8. The van der Waals surface area contributed by atoms with Crippen LogP contribution in [0.25, 0.3) is 0 Å². The van der Waals surface area contributed by atoms with Gasteiger partial charge in [-0.15, -0.1) is 0 Å². The summed E-state index contributed by atoms with van der Waals surface area (Å²) < 4.78 is 1.56. The summed E-state index contributed by atoms with van der Waals surface area (Å²) in [5, 5.41) is 12.8. The largest absolute Gasteiger partial charge is 0.334 e. The number of hydrogen-bond acceptors (Lipinski definition) is 5. The summed E-state index contributed by atoms with van der Waals surface area (Å²) in [7, 11) is 2.13. The normalized spacial score (nSPS) is 16.1. The second kappa shape index (κ2) is 10.7. The summed E-state index contributed by atoms with van der Waals surface area (Å²) in [6.45, 7) is 7.60. The van der Waals surface area contributed by atoms with Crippen molar-refractivity contribution in [3.8, 4) is 0 Å². The van der Waals surface area contributed by atoms with E-state index in [-0.39, 0.29) is 24.5 Å². The van der Waals surface area contributed by atoms with Crippen LogP contribution in [-0.4, -0.2) is 77.3 Å². The van der Waals surface area contributed by atoms with E-state index >= 15 is 0 Å². The number of carbonyl (C=O) groups is 2. The van der Waals surface area contributed by atoms with Crippen molar-refractivity contribution in [2.24, 2.45) is 0 Å². The lowest BCUT2D eigenvalue weighted by atomic mass is 10.2. The van der Waals surface area contributed by atoms with E-state index in [4.69, 9.17) is 0 Å². The molecule has 1 aromatic heterocycles. The van der Waals surface area contributed by atoms with E-state index in [1.54, 1.807) is 23.1 Å². The Morgan fingerprint density at radius 3 is 2.70 bits per heavy atom. The Bertz CT molecular complexity index is 817. The smallest absolute Gasteiger partial charge is 0.315 e. The number of hydrogen-bond donors (Lipinski definition) is 3. The fraction of sp³-hybridized carbons (Fsp3) is 0.476. The van der Waals surface area contributed by atoms with Gasteiger partial charge in [0.2, 0.25) is 5.91 Å². The van der Waals surface area contributed by atoms with Crippen LogP contribution in [0.1, 0.15) is 12.5 Å². The number of carbonyl (C=O) groups excluding carboxylic acids is 2. The number of aromatic nitrogens is 2. The molecule has 0 aliphatic carbocycles. The monoisotopic (exact) mass is 413 g/mol. The van der Waals surface area contributed by atoms with Gasteiger partial charge in [0.25, 0.3) is 0 Å². The molecule has 1 fully saturated rings. The van der Waals surface area contributed by atoms with Crippen LogP contribution in [0.15, 0.2) is 42.7 Å². The second-order valence-electron chi connectivity index (χ2n) is 7.78. The van der Waals surface area contributed by atoms with Crippen molar-refractivity contribution in [2.45, 2.75) is 26.1 Å². The average molecular weight is 414 g/mol. The minimum absolute atomic E-state index is 0.0707. The minimum Gasteiger partial charge on any atom is -0.334 e. The summed E-state index contributed by atoms with van der Waals surface area (Å²) in [5.74, 6) is -0.153. The predicted octanol–water partition coefficient (Wildman–Crippen LogP) is 0.957. The maximum Gasteiger partial charge on any atom is 0.315 e. The first-order valence-corrected chi connectivity index (χ1v) is 10.3. The third-order valence-corrected chi connectivity index (χ3v) is 5.03. The fourth-order valence-corrected chi connectivity index (χ4v) is 3.42. The lowest BCUT2D eigenvalue weighted by Gasteiger charge is -2.34. The van der Waals surface area contributed by atoms with Crippen molar-refractivity contribution in [2.75, 3.05) is 45.1 Å². The number of urea groups is 1. The Kier molecular flexibility index (Phi) is 7.81. The third-order valence-electron chi connectivity index (χ3n) is 5.03. The lowest BCUT2D eigenvalue weighted by Crippen LogP contribution is -2.51. The van der Waals surface area contributed by atoms with Gasteiger partial charge in [-0.25, -0.2) is 4.79 Å². The molecule has 9 heteroatoms. The van der Waals surface area contributed by atoms with Crippen molar-refractivity contribution in [1.82, 2.24) is 30.2 Å². The van der Waals surface area contributed by atoms with E-state index in [0.29, 0.717) is 12.2 Å². The highest BCUT2D eigenvalue weighted by Gasteiger charge is 2.17. The topological polar surface area (TPSA) is 94.5 Å². The molecule has 0 spiro atoms. The van der Waals surface area contributed by atoms with E-state index in [1.165, 1.54) is 0 Å². The van der Waals surface area contributed by atoms with Gasteiger partial charge in [-0.2, -0.15) is 5.10 Å². The third kappa shape index (κ3) is 7.16. The number of nitrogens with one attached hydrogen (secondary N) is 3. The molecule has 3 amide bonds. The van der Waals surface area contributed by atoms with Crippen LogP contribution < -0.4 is 16.0 Å². The molecule has 1 aromatic carbocycles. The maximum absolute atomic E-state index is 12.2. The first-order valence-electron chi connectivity index (χ1n) is 10.3. The number of piperazine rings is 1. The fourth-order valence-electron chi connectivity index (χ4n) is 3.42. The molecule has 2 aromatic rings. The van der Waals surface area contributed by atoms with Crippen LogP contribution in [-0.2, 0) is 17.9 Å². The molecule has 3 rings (SSSR count). The Balaban J connectivity index is 1.40. The zero-order chi connectivity index (χ0) is 21.3. The van der Waals surface area contributed by atoms with Crippen molar-refractivity contribution in [3.05, 3.63) is 48.3 Å². The summed E-state index contributed by atoms with van der Waals surface area (Å²) in [5.41, 5.74) is 1.60. The Morgan fingerprint density at radius 2 is 1.97 bits per heavy atom. The molecule has 1 saturated heterocycles. The number of likely N-dealkylation sites (N-methyl/N-ethyl adjacent to an activating group) is 1. The summed E-state index contributed by atoms with van der Waals surface area (Å²) in [6.07, 6.45) is 3.37. The van der Waals surface area contributed by atoms with Gasteiger partial charge < -0.3 is 20.9 Å². The molecule has 1 atom stereocenters. The van der Waals surface area contributed by atoms with Crippen LogP contribution in [0, 0.1) is 0 Å². The van der Waals surface area contributed by atoms with Crippen molar-refractivity contribution >= 4 is 17.6 Å². The molecular weight excluding hydrogens is 382 g/mol. The van der Waals surface area contributed by atoms with Gasteiger partial charge in [0.15, 0.2) is 0 Å². The van der Waals surface area contributed by atoms with Crippen molar-refractivity contribution in [1.29, 1.82) is 0 Å². The zero-order valence-corrected chi connectivity index (χ0v) is 17.7. The van der Waals surface area contributed by atoms with Gasteiger partial charge in [0.05, 0.1) is 0 Å². The number of nitrogens with zero attached hydrogens (tertiary/aromatic N) is 4. The van der Waals surface area contributed by atoms with Crippen LogP contribution >= 0.6 is 0 Å². The Labute approximate surface area is 177 Å². The molecule has 30 heavy (non-hydrogen) atoms. The van der Waals surface area contributed by atoms with E-state index in [0.717, 1.165) is 38.3 Å². The van der Waals surface area contributed by atoms with E-state index < -0.39 is 0 Å². The Hall–Kier alpha value is -2.91. The first kappa shape index (κ1) is 21.8. The van der Waals surface area contributed by atoms with Crippen LogP contribution in [0.5, 0.6) is 0 Å². The Morgan fingerprint density at radius 1 is 1.17 bits per heavy atom. The molecule has 2 heterocycles. The highest BCUT2D eigenvalue weighted by molar-refractivity contribution is 5.90. The molecule has 0 bridgehead atoms. The highest BCUT2D eigenvalue weighted by atomic mass is 16.2. The SMILES string of the molecule is CC(CN1CCN(C)CC1)NC(=O)NCc1cccc(NC(=O)Cn2cccn2)c1. The predicted molar refractivity (Wildman–Crippen MR) is 116 cm³/mol. The van der Waals surface area contributed by atoms with Gasteiger partial charge in [-0.1, -0.05) is 12.1 Å². The second-order valence-corrected chi connectivity index (χ2v) is 7.78. The maximum atomic E-state index is 12.2. The van der Waals surface area contributed by atoms with Crippen molar-refractivity contribution < 1.29 is 9.59 Å². The number of amides is 3. The molecule has 1 unspecified atom stereocenters. The van der Waals surface area contributed by atoms with E-state index in [1.807, 2.05) is 31.2 Å². The molecule has 0 saturated carbocycles. The quantitative estimate of drug-likeness (QED) is 0.599. The summed E-state index contributed by atoms with van der Waals surface area (Å²) in [6, 6.07) is 9.10. The zero-order valence-electron chi connectivity index (χ0n) is 17.7. The van der Waals surface area contributed by atoms with Crippen LogP contribution in [0.3, 0.4) is 0 Å². The number of benzene rings is 1. The molecule has 162 valence electrons. The van der Waals surface area contributed by atoms with E-state index in [9.17, 15) is 9.59 Å². The number of anilines is 1. The summed E-state index contributed by atoms with van der Waals surface area (Å²) in [4.78, 5) is 29.0. The molecule has 1 aliphatic rings. The van der Waals surface area contributed by atoms with Gasteiger partial charge in [0.1, 0.15) is 6.54 Å². The van der Waals surface area contributed by atoms with Gasteiger partial charge in [-0.3, -0.25) is 14.4 Å². The molecular formula is C21H31N7O2.